The first-order chi connectivity index (χ1) is 12.2. The van der Waals surface area contributed by atoms with Crippen molar-refractivity contribution in [2.45, 2.75) is 39.5 Å². The fourth-order valence-corrected chi connectivity index (χ4v) is 3.15. The molecule has 1 aromatic heterocycles. The molecular weight excluding hydrogens is 310 g/mol. The van der Waals surface area contributed by atoms with Gasteiger partial charge in [-0.25, -0.2) is 4.98 Å². The van der Waals surface area contributed by atoms with Crippen LogP contribution in [0.5, 0.6) is 0 Å². The van der Waals surface area contributed by atoms with Crippen LogP contribution < -0.4 is 10.9 Å². The van der Waals surface area contributed by atoms with Crippen molar-refractivity contribution in [1.82, 2.24) is 9.97 Å². The van der Waals surface area contributed by atoms with Crippen molar-refractivity contribution < 1.29 is 0 Å². The number of hydrogen-bond donors (Lipinski definition) is 2. The minimum absolute atomic E-state index is 0.0354. The van der Waals surface area contributed by atoms with Gasteiger partial charge in [0.05, 0.1) is 5.69 Å². The Kier molecular flexibility index (Phi) is 5.49. The fraction of sp³-hybridized carbons (Fsp3) is 0.333. The van der Waals surface area contributed by atoms with Crippen LogP contribution in [0.15, 0.2) is 47.3 Å². The zero-order chi connectivity index (χ0) is 17.6. The molecule has 3 rings (SSSR count). The Hall–Kier alpha value is -2.62. The first-order valence-electron chi connectivity index (χ1n) is 9.05. The zero-order valence-corrected chi connectivity index (χ0v) is 14.9. The van der Waals surface area contributed by atoms with E-state index < -0.39 is 0 Å². The molecule has 130 valence electrons. The monoisotopic (exact) mass is 335 g/mol. The smallest absolute Gasteiger partial charge is 0.255 e. The van der Waals surface area contributed by atoms with Gasteiger partial charge in [0.15, 0.2) is 0 Å². The second-order valence-electron chi connectivity index (χ2n) is 6.29. The lowest BCUT2D eigenvalue weighted by molar-refractivity contribution is 0.819. The molecule has 0 unspecified atom stereocenters. The number of rotatable bonds is 7. The summed E-state index contributed by atoms with van der Waals surface area (Å²) >= 11 is 0. The third kappa shape index (κ3) is 3.90. The van der Waals surface area contributed by atoms with E-state index in [1.165, 1.54) is 16.3 Å². The van der Waals surface area contributed by atoms with E-state index in [9.17, 15) is 4.79 Å². The SMILES string of the molecule is CCCCNc1nc(Cc2cccc3ccccc23)c(CC)c(=O)[nH]1. The Bertz CT molecular complexity index is 909. The molecule has 1 heterocycles. The summed E-state index contributed by atoms with van der Waals surface area (Å²) in [5.41, 5.74) is 2.80. The average molecular weight is 335 g/mol. The predicted octanol–water partition coefficient (Wildman–Crippen LogP) is 4.29. The molecule has 0 fully saturated rings. The van der Waals surface area contributed by atoms with Crippen LogP contribution in [0.4, 0.5) is 5.95 Å². The van der Waals surface area contributed by atoms with Crippen molar-refractivity contribution in [3.05, 3.63) is 69.6 Å². The largest absolute Gasteiger partial charge is 0.356 e. The normalized spacial score (nSPS) is 11.0. The third-order valence-corrected chi connectivity index (χ3v) is 4.52. The summed E-state index contributed by atoms with van der Waals surface area (Å²) in [4.78, 5) is 20.0. The van der Waals surface area contributed by atoms with Crippen LogP contribution in [0.1, 0.15) is 43.5 Å². The van der Waals surface area contributed by atoms with E-state index in [0.29, 0.717) is 18.8 Å². The van der Waals surface area contributed by atoms with E-state index >= 15 is 0 Å². The van der Waals surface area contributed by atoms with Gasteiger partial charge < -0.3 is 5.32 Å². The Labute approximate surface area is 148 Å². The van der Waals surface area contributed by atoms with E-state index in [4.69, 9.17) is 4.98 Å². The maximum absolute atomic E-state index is 12.4. The van der Waals surface area contributed by atoms with Crippen LogP contribution in [0.2, 0.25) is 0 Å². The lowest BCUT2D eigenvalue weighted by atomic mass is 9.99. The van der Waals surface area contributed by atoms with E-state index in [2.05, 4.69) is 53.6 Å². The van der Waals surface area contributed by atoms with Crippen LogP contribution in [0.3, 0.4) is 0 Å². The first kappa shape index (κ1) is 17.2. The van der Waals surface area contributed by atoms with Gasteiger partial charge >= 0.3 is 0 Å². The molecule has 4 heteroatoms. The van der Waals surface area contributed by atoms with Gasteiger partial charge in [0.2, 0.25) is 5.95 Å². The van der Waals surface area contributed by atoms with E-state index in [0.717, 1.165) is 30.6 Å². The van der Waals surface area contributed by atoms with Gasteiger partial charge in [-0.15, -0.1) is 0 Å². The molecule has 0 bridgehead atoms. The van der Waals surface area contributed by atoms with Crippen molar-refractivity contribution in [3.8, 4) is 0 Å². The van der Waals surface area contributed by atoms with Crippen molar-refractivity contribution in [2.24, 2.45) is 0 Å². The molecule has 0 saturated heterocycles. The second kappa shape index (κ2) is 7.97. The number of nitrogens with one attached hydrogen (secondary N) is 2. The van der Waals surface area contributed by atoms with E-state index in [-0.39, 0.29) is 5.56 Å². The van der Waals surface area contributed by atoms with Crippen molar-refractivity contribution >= 4 is 16.7 Å². The number of benzene rings is 2. The maximum atomic E-state index is 12.4. The summed E-state index contributed by atoms with van der Waals surface area (Å²) in [6.07, 6.45) is 3.50. The molecule has 0 atom stereocenters. The number of aromatic nitrogens is 2. The first-order valence-corrected chi connectivity index (χ1v) is 9.05. The molecule has 0 spiro atoms. The molecule has 0 radical (unpaired) electrons. The number of fused-ring (bicyclic) bond motifs is 1. The summed E-state index contributed by atoms with van der Waals surface area (Å²) in [7, 11) is 0. The summed E-state index contributed by atoms with van der Waals surface area (Å²) in [6, 6.07) is 14.6. The predicted molar refractivity (Wildman–Crippen MR) is 104 cm³/mol. The number of anilines is 1. The Balaban J connectivity index is 1.98. The number of unbranched alkanes of at least 4 members (excludes halogenated alkanes) is 1. The van der Waals surface area contributed by atoms with Crippen LogP contribution in [0.25, 0.3) is 10.8 Å². The van der Waals surface area contributed by atoms with Gasteiger partial charge in [-0.05, 0) is 29.2 Å². The molecule has 2 aromatic carbocycles. The highest BCUT2D eigenvalue weighted by atomic mass is 16.1. The summed E-state index contributed by atoms with van der Waals surface area (Å²) in [6.45, 7) is 4.96. The molecule has 0 saturated carbocycles. The highest BCUT2D eigenvalue weighted by Crippen LogP contribution is 2.21. The summed E-state index contributed by atoms with van der Waals surface area (Å²) in [5.74, 6) is 0.575. The number of hydrogen-bond acceptors (Lipinski definition) is 3. The molecule has 2 N–H and O–H groups in total. The minimum atomic E-state index is -0.0354. The standard InChI is InChI=1S/C21H25N3O/c1-3-5-13-22-21-23-19(17(4-2)20(25)24-21)14-16-11-8-10-15-9-6-7-12-18(15)16/h6-12H,3-5,13-14H2,1-2H3,(H2,22,23,24,25). The van der Waals surface area contributed by atoms with Gasteiger partial charge in [0.25, 0.3) is 5.56 Å². The van der Waals surface area contributed by atoms with Crippen LogP contribution in [-0.2, 0) is 12.8 Å². The number of H-pyrrole nitrogens is 1. The van der Waals surface area contributed by atoms with E-state index in [1.54, 1.807) is 0 Å². The summed E-state index contributed by atoms with van der Waals surface area (Å²) < 4.78 is 0. The van der Waals surface area contributed by atoms with Crippen LogP contribution >= 0.6 is 0 Å². The van der Waals surface area contributed by atoms with Gasteiger partial charge in [-0.3, -0.25) is 9.78 Å². The lowest BCUT2D eigenvalue weighted by Gasteiger charge is -2.12. The molecular formula is C21H25N3O. The van der Waals surface area contributed by atoms with E-state index in [1.807, 2.05) is 13.0 Å². The third-order valence-electron chi connectivity index (χ3n) is 4.52. The quantitative estimate of drug-likeness (QED) is 0.633. The van der Waals surface area contributed by atoms with Gasteiger partial charge in [0, 0.05) is 18.5 Å². The highest BCUT2D eigenvalue weighted by Gasteiger charge is 2.12. The molecule has 0 amide bonds. The fourth-order valence-electron chi connectivity index (χ4n) is 3.15. The molecule has 0 aliphatic carbocycles. The molecule has 25 heavy (non-hydrogen) atoms. The molecule has 0 aliphatic heterocycles. The minimum Gasteiger partial charge on any atom is -0.356 e. The van der Waals surface area contributed by atoms with Crippen LogP contribution in [-0.4, -0.2) is 16.5 Å². The summed E-state index contributed by atoms with van der Waals surface area (Å²) in [5, 5.41) is 5.66. The van der Waals surface area contributed by atoms with Crippen molar-refractivity contribution in [2.75, 3.05) is 11.9 Å². The average Bonchev–Trinajstić information content (AvgIpc) is 2.62. The van der Waals surface area contributed by atoms with Crippen LogP contribution in [0, 0.1) is 0 Å². The number of nitrogens with zero attached hydrogens (tertiary/aromatic N) is 1. The Morgan fingerprint density at radius 1 is 1.08 bits per heavy atom. The maximum Gasteiger partial charge on any atom is 0.255 e. The number of aromatic amines is 1. The Morgan fingerprint density at radius 3 is 2.68 bits per heavy atom. The molecule has 0 aliphatic rings. The second-order valence-corrected chi connectivity index (χ2v) is 6.29. The van der Waals surface area contributed by atoms with Gasteiger partial charge in [-0.2, -0.15) is 0 Å². The molecule has 4 nitrogen and oxygen atoms in total. The highest BCUT2D eigenvalue weighted by molar-refractivity contribution is 5.85. The topological polar surface area (TPSA) is 57.8 Å². The molecule has 3 aromatic rings. The zero-order valence-electron chi connectivity index (χ0n) is 14.9. The Morgan fingerprint density at radius 2 is 1.88 bits per heavy atom. The van der Waals surface area contributed by atoms with Gasteiger partial charge in [-0.1, -0.05) is 62.7 Å². The van der Waals surface area contributed by atoms with Gasteiger partial charge in [0.1, 0.15) is 0 Å². The van der Waals surface area contributed by atoms with Crippen molar-refractivity contribution in [1.29, 1.82) is 0 Å². The lowest BCUT2D eigenvalue weighted by Crippen LogP contribution is -2.20. The van der Waals surface area contributed by atoms with Crippen molar-refractivity contribution in [3.63, 3.8) is 0 Å².